The Kier molecular flexibility index (Phi) is 6.94. The summed E-state index contributed by atoms with van der Waals surface area (Å²) >= 11 is 0. The largest absolute Gasteiger partial charge is 0.310 e. The summed E-state index contributed by atoms with van der Waals surface area (Å²) in [5.41, 5.74) is 19.1. The summed E-state index contributed by atoms with van der Waals surface area (Å²) in [4.78, 5) is 2.44. The van der Waals surface area contributed by atoms with Crippen LogP contribution in [-0.4, -0.2) is 0 Å². The second kappa shape index (κ2) is 11.7. The van der Waals surface area contributed by atoms with Gasteiger partial charge in [-0.2, -0.15) is 0 Å². The highest BCUT2D eigenvalue weighted by Crippen LogP contribution is 2.53. The van der Waals surface area contributed by atoms with Gasteiger partial charge in [0.1, 0.15) is 0 Å². The number of anilines is 3. The minimum absolute atomic E-state index is 0.0967. The van der Waals surface area contributed by atoms with Crippen LogP contribution in [0.2, 0.25) is 0 Å². The molecule has 0 aliphatic heterocycles. The Bertz CT molecular complexity index is 2730. The SMILES string of the molecule is CC1(C)c2ccccc2-c2ccc(N(c3ccc(-c4ccc5ccccc5c4)cc3)c3cccc(-c4cccc5c4C(C)(C)c4ccccc4-5)c3)cc21. The summed E-state index contributed by atoms with van der Waals surface area (Å²) in [6.45, 7) is 9.47. The van der Waals surface area contributed by atoms with Gasteiger partial charge in [-0.05, 0) is 120 Å². The van der Waals surface area contributed by atoms with Gasteiger partial charge in [-0.1, -0.05) is 161 Å². The quantitative estimate of drug-likeness (QED) is 0.175. The van der Waals surface area contributed by atoms with E-state index in [-0.39, 0.29) is 10.8 Å². The Morgan fingerprint density at radius 1 is 0.321 bits per heavy atom. The fourth-order valence-electron chi connectivity index (χ4n) is 9.35. The maximum atomic E-state index is 2.44. The minimum Gasteiger partial charge on any atom is -0.310 e. The van der Waals surface area contributed by atoms with Gasteiger partial charge in [0, 0.05) is 27.9 Å². The van der Waals surface area contributed by atoms with Crippen molar-refractivity contribution in [3.63, 3.8) is 0 Å². The van der Waals surface area contributed by atoms with Crippen molar-refractivity contribution in [1.82, 2.24) is 0 Å². The van der Waals surface area contributed by atoms with Crippen molar-refractivity contribution in [3.05, 3.63) is 198 Å². The highest BCUT2D eigenvalue weighted by Gasteiger charge is 2.38. The second-order valence-corrected chi connectivity index (χ2v) is 15.8. The lowest BCUT2D eigenvalue weighted by atomic mass is 9.79. The van der Waals surface area contributed by atoms with E-state index in [2.05, 4.69) is 209 Å². The Morgan fingerprint density at radius 3 is 1.68 bits per heavy atom. The van der Waals surface area contributed by atoms with Gasteiger partial charge < -0.3 is 4.90 Å². The van der Waals surface area contributed by atoms with Crippen molar-refractivity contribution in [1.29, 1.82) is 0 Å². The van der Waals surface area contributed by atoms with Crippen LogP contribution in [0.3, 0.4) is 0 Å². The second-order valence-electron chi connectivity index (χ2n) is 15.8. The van der Waals surface area contributed by atoms with E-state index in [1.54, 1.807) is 0 Å². The summed E-state index contributed by atoms with van der Waals surface area (Å²) in [5.74, 6) is 0. The third-order valence-electron chi connectivity index (χ3n) is 12.0. The van der Waals surface area contributed by atoms with E-state index in [0.29, 0.717) is 0 Å². The lowest BCUT2D eigenvalue weighted by molar-refractivity contribution is 0.660. The summed E-state index contributed by atoms with van der Waals surface area (Å²) in [5, 5.41) is 2.52. The van der Waals surface area contributed by atoms with Crippen molar-refractivity contribution >= 4 is 27.8 Å². The first-order valence-corrected chi connectivity index (χ1v) is 18.8. The first kappa shape index (κ1) is 31.5. The molecule has 0 heterocycles. The molecule has 53 heavy (non-hydrogen) atoms. The zero-order valence-corrected chi connectivity index (χ0v) is 30.7. The third-order valence-corrected chi connectivity index (χ3v) is 12.0. The minimum atomic E-state index is -0.0998. The van der Waals surface area contributed by atoms with Crippen LogP contribution in [0.5, 0.6) is 0 Å². The van der Waals surface area contributed by atoms with E-state index in [9.17, 15) is 0 Å². The van der Waals surface area contributed by atoms with E-state index in [1.807, 2.05) is 0 Å². The Morgan fingerprint density at radius 2 is 0.887 bits per heavy atom. The van der Waals surface area contributed by atoms with Crippen LogP contribution >= 0.6 is 0 Å². The van der Waals surface area contributed by atoms with Gasteiger partial charge in [-0.15, -0.1) is 0 Å². The van der Waals surface area contributed by atoms with Crippen molar-refractivity contribution in [3.8, 4) is 44.5 Å². The highest BCUT2D eigenvalue weighted by atomic mass is 15.1. The van der Waals surface area contributed by atoms with Gasteiger partial charge in [0.15, 0.2) is 0 Å². The number of nitrogens with zero attached hydrogens (tertiary/aromatic N) is 1. The molecule has 254 valence electrons. The first-order chi connectivity index (χ1) is 25.8. The van der Waals surface area contributed by atoms with Gasteiger partial charge in [0.2, 0.25) is 0 Å². The molecule has 1 heteroatoms. The van der Waals surface area contributed by atoms with Crippen LogP contribution in [0, 0.1) is 0 Å². The lowest BCUT2D eigenvalue weighted by Gasteiger charge is -2.29. The molecule has 0 unspecified atom stereocenters. The lowest BCUT2D eigenvalue weighted by Crippen LogP contribution is -2.17. The molecule has 0 N–H and O–H groups in total. The molecule has 0 radical (unpaired) electrons. The van der Waals surface area contributed by atoms with Crippen molar-refractivity contribution in [2.75, 3.05) is 4.90 Å². The predicted molar refractivity (Wildman–Crippen MR) is 225 cm³/mol. The summed E-state index contributed by atoms with van der Waals surface area (Å²) < 4.78 is 0. The predicted octanol–water partition coefficient (Wildman–Crippen LogP) is 14.3. The van der Waals surface area contributed by atoms with E-state index in [0.717, 1.165) is 17.1 Å². The molecule has 1 nitrogen and oxygen atoms in total. The number of fused-ring (bicyclic) bond motifs is 7. The number of hydrogen-bond donors (Lipinski definition) is 0. The standard InChI is InChI=1S/C52H41N/c1-51(2)47-21-9-7-17-43(47)45-30-29-41(33-49(45)51)53(39-27-25-35(26-28-39)37-24-23-34-13-5-6-14-36(34)31-37)40-16-11-15-38(32-40)42-19-12-20-46-44-18-8-10-22-48(44)52(3,4)50(42)46/h5-33H,1-4H3. The van der Waals surface area contributed by atoms with Crippen LogP contribution in [0.1, 0.15) is 49.9 Å². The van der Waals surface area contributed by atoms with Crippen molar-refractivity contribution in [2.45, 2.75) is 38.5 Å². The molecule has 2 aliphatic carbocycles. The molecular weight excluding hydrogens is 639 g/mol. The number of rotatable bonds is 5. The maximum Gasteiger partial charge on any atom is 0.0467 e. The third kappa shape index (κ3) is 4.84. The molecule has 8 aromatic rings. The summed E-state index contributed by atoms with van der Waals surface area (Å²) in [6, 6.07) is 65.3. The number of benzene rings is 8. The molecule has 0 atom stereocenters. The van der Waals surface area contributed by atoms with Gasteiger partial charge in [-0.3, -0.25) is 0 Å². The van der Waals surface area contributed by atoms with Crippen LogP contribution in [-0.2, 0) is 10.8 Å². The van der Waals surface area contributed by atoms with Crippen LogP contribution < -0.4 is 4.90 Å². The van der Waals surface area contributed by atoms with Gasteiger partial charge >= 0.3 is 0 Å². The molecule has 8 aromatic carbocycles. The van der Waals surface area contributed by atoms with Crippen LogP contribution in [0.15, 0.2) is 176 Å². The highest BCUT2D eigenvalue weighted by molar-refractivity contribution is 5.91. The number of hydrogen-bond acceptors (Lipinski definition) is 1. The van der Waals surface area contributed by atoms with Crippen molar-refractivity contribution in [2.24, 2.45) is 0 Å². The molecule has 0 amide bonds. The molecule has 0 saturated heterocycles. The smallest absolute Gasteiger partial charge is 0.0467 e. The molecule has 0 saturated carbocycles. The molecule has 0 fully saturated rings. The van der Waals surface area contributed by atoms with E-state index in [4.69, 9.17) is 0 Å². The molecule has 2 aliphatic rings. The molecule has 0 bridgehead atoms. The van der Waals surface area contributed by atoms with E-state index in [1.165, 1.54) is 77.5 Å². The first-order valence-electron chi connectivity index (χ1n) is 18.8. The molecular formula is C52H41N. The average Bonchev–Trinajstić information content (AvgIpc) is 3.58. The van der Waals surface area contributed by atoms with E-state index < -0.39 is 0 Å². The summed E-state index contributed by atoms with van der Waals surface area (Å²) in [7, 11) is 0. The normalized spacial score (nSPS) is 14.3. The van der Waals surface area contributed by atoms with Gasteiger partial charge in [0.05, 0.1) is 0 Å². The molecule has 0 spiro atoms. The summed E-state index contributed by atoms with van der Waals surface area (Å²) in [6.07, 6.45) is 0. The fourth-order valence-corrected chi connectivity index (χ4v) is 9.35. The topological polar surface area (TPSA) is 3.24 Å². The van der Waals surface area contributed by atoms with Gasteiger partial charge in [-0.25, -0.2) is 0 Å². The molecule has 0 aromatic heterocycles. The fraction of sp³-hybridized carbons (Fsp3) is 0.115. The Labute approximate surface area is 312 Å². The van der Waals surface area contributed by atoms with Crippen molar-refractivity contribution < 1.29 is 0 Å². The average molecular weight is 680 g/mol. The van der Waals surface area contributed by atoms with E-state index >= 15 is 0 Å². The Balaban J connectivity index is 1.12. The zero-order valence-electron chi connectivity index (χ0n) is 30.7. The van der Waals surface area contributed by atoms with Crippen LogP contribution in [0.4, 0.5) is 17.1 Å². The van der Waals surface area contributed by atoms with Gasteiger partial charge in [0.25, 0.3) is 0 Å². The maximum absolute atomic E-state index is 2.44. The zero-order chi connectivity index (χ0) is 35.9. The monoisotopic (exact) mass is 679 g/mol. The van der Waals surface area contributed by atoms with Crippen LogP contribution in [0.25, 0.3) is 55.3 Å². The molecule has 10 rings (SSSR count). The Hall–Kier alpha value is -6.18.